The fourth-order valence-electron chi connectivity index (χ4n) is 1.18. The standard InChI is InChI=1S/C10H10O2.C5H8O2.Ti/c1-8(11)7-10(12)9-5-3-2-4-6-9;1-4(6)3-5(2)7;/h2-7,12H,1H3;3,6H,1-2H3;/b10-7-;4-3-;. The van der Waals surface area contributed by atoms with Crippen molar-refractivity contribution in [3.63, 3.8) is 0 Å². The molecule has 0 fully saturated rings. The van der Waals surface area contributed by atoms with Crippen LogP contribution >= 0.6 is 0 Å². The van der Waals surface area contributed by atoms with Gasteiger partial charge in [0.25, 0.3) is 0 Å². The number of ketones is 2. The first kappa shape index (κ1) is 20.7. The van der Waals surface area contributed by atoms with Crippen molar-refractivity contribution >= 4 is 17.3 Å². The summed E-state index contributed by atoms with van der Waals surface area (Å²) in [7, 11) is 0. The molecule has 0 saturated carbocycles. The first-order valence-electron chi connectivity index (χ1n) is 5.67. The molecular weight excluding hydrogens is 292 g/mol. The summed E-state index contributed by atoms with van der Waals surface area (Å²) in [5.41, 5.74) is 0.660. The number of hydrogen-bond acceptors (Lipinski definition) is 4. The van der Waals surface area contributed by atoms with Gasteiger partial charge in [-0.1, -0.05) is 30.3 Å². The van der Waals surface area contributed by atoms with Crippen LogP contribution in [0.15, 0.2) is 48.2 Å². The molecule has 1 rings (SSSR count). The van der Waals surface area contributed by atoms with E-state index in [4.69, 9.17) is 5.11 Å². The molecule has 0 spiro atoms. The summed E-state index contributed by atoms with van der Waals surface area (Å²) in [4.78, 5) is 20.6. The maximum atomic E-state index is 10.6. The SMILES string of the molecule is CC(=O)/C=C(/C)O.CC(=O)/C=C(\O)c1ccccc1.[Ti]. The Balaban J connectivity index is 0. The Morgan fingerprint density at radius 2 is 1.35 bits per heavy atom. The molecule has 0 atom stereocenters. The number of carbonyl (C=O) groups is 2. The summed E-state index contributed by atoms with van der Waals surface area (Å²) in [6.45, 7) is 4.25. The average Bonchev–Trinajstić information content (AvgIpc) is 2.28. The Hall–Kier alpha value is -1.65. The molecule has 4 nitrogen and oxygen atoms in total. The van der Waals surface area contributed by atoms with E-state index in [1.165, 1.54) is 32.9 Å². The van der Waals surface area contributed by atoms with E-state index in [-0.39, 0.29) is 44.8 Å². The van der Waals surface area contributed by atoms with Crippen LogP contribution < -0.4 is 0 Å². The molecule has 0 heterocycles. The Morgan fingerprint density at radius 3 is 1.65 bits per heavy atom. The Kier molecular flexibility index (Phi) is 11.6. The average molecular weight is 310 g/mol. The van der Waals surface area contributed by atoms with E-state index in [0.29, 0.717) is 5.56 Å². The molecule has 1 aromatic carbocycles. The predicted molar refractivity (Wildman–Crippen MR) is 74.8 cm³/mol. The van der Waals surface area contributed by atoms with Gasteiger partial charge in [0.1, 0.15) is 5.76 Å². The molecule has 106 valence electrons. The Morgan fingerprint density at radius 1 is 0.900 bits per heavy atom. The minimum Gasteiger partial charge on any atom is -0.512 e. The van der Waals surface area contributed by atoms with Gasteiger partial charge in [-0.05, 0) is 20.8 Å². The van der Waals surface area contributed by atoms with Crippen LogP contribution in [0.4, 0.5) is 0 Å². The van der Waals surface area contributed by atoms with Crippen molar-refractivity contribution in [1.29, 1.82) is 0 Å². The van der Waals surface area contributed by atoms with Crippen LogP contribution in [0, 0.1) is 0 Å². The van der Waals surface area contributed by atoms with E-state index in [1.807, 2.05) is 6.07 Å². The van der Waals surface area contributed by atoms with Gasteiger partial charge in [0, 0.05) is 39.4 Å². The van der Waals surface area contributed by atoms with Crippen LogP contribution in [-0.4, -0.2) is 21.8 Å². The fourth-order valence-corrected chi connectivity index (χ4v) is 1.18. The summed E-state index contributed by atoms with van der Waals surface area (Å²) in [5.74, 6) is -0.202. The number of aliphatic hydroxyl groups is 2. The quantitative estimate of drug-likeness (QED) is 0.511. The van der Waals surface area contributed by atoms with E-state index in [1.54, 1.807) is 24.3 Å². The predicted octanol–water partition coefficient (Wildman–Crippen LogP) is 3.21. The monoisotopic (exact) mass is 310 g/mol. The largest absolute Gasteiger partial charge is 0.512 e. The molecule has 0 aromatic heterocycles. The molecule has 0 bridgehead atoms. The number of allylic oxidation sites excluding steroid dienone is 3. The normalized spacial score (nSPS) is 10.8. The topological polar surface area (TPSA) is 74.6 Å². The van der Waals surface area contributed by atoms with Crippen molar-refractivity contribution in [2.24, 2.45) is 0 Å². The number of hydrogen-bond donors (Lipinski definition) is 2. The molecule has 0 aliphatic carbocycles. The second-order valence-electron chi connectivity index (χ2n) is 3.90. The number of aliphatic hydroxyl groups excluding tert-OH is 2. The third-order valence-electron chi connectivity index (χ3n) is 1.82. The van der Waals surface area contributed by atoms with E-state index >= 15 is 0 Å². The summed E-state index contributed by atoms with van der Waals surface area (Å²) >= 11 is 0. The van der Waals surface area contributed by atoms with E-state index < -0.39 is 0 Å². The molecular formula is C15H18O4Ti. The Labute approximate surface area is 133 Å². The van der Waals surface area contributed by atoms with Crippen LogP contribution in [0.1, 0.15) is 26.3 Å². The number of benzene rings is 1. The third-order valence-corrected chi connectivity index (χ3v) is 1.82. The first-order valence-corrected chi connectivity index (χ1v) is 5.67. The molecule has 0 radical (unpaired) electrons. The van der Waals surface area contributed by atoms with Crippen LogP contribution in [0.2, 0.25) is 0 Å². The molecule has 0 aliphatic rings. The van der Waals surface area contributed by atoms with E-state index in [9.17, 15) is 14.7 Å². The molecule has 0 saturated heterocycles. The van der Waals surface area contributed by atoms with Crippen molar-refractivity contribution in [2.45, 2.75) is 20.8 Å². The summed E-state index contributed by atoms with van der Waals surface area (Å²) in [6, 6.07) is 8.95. The minimum atomic E-state index is -0.156. The second kappa shape index (κ2) is 11.2. The van der Waals surface area contributed by atoms with Gasteiger partial charge in [-0.2, -0.15) is 0 Å². The molecule has 5 heteroatoms. The zero-order chi connectivity index (χ0) is 14.8. The zero-order valence-corrected chi connectivity index (χ0v) is 13.3. The molecule has 1 aromatic rings. The Bertz CT molecular complexity index is 486. The van der Waals surface area contributed by atoms with Crippen LogP contribution in [0.5, 0.6) is 0 Å². The van der Waals surface area contributed by atoms with Crippen molar-refractivity contribution in [3.05, 3.63) is 53.8 Å². The van der Waals surface area contributed by atoms with Gasteiger partial charge in [-0.25, -0.2) is 0 Å². The van der Waals surface area contributed by atoms with Crippen molar-refractivity contribution in [1.82, 2.24) is 0 Å². The maximum absolute atomic E-state index is 10.6. The summed E-state index contributed by atoms with van der Waals surface area (Å²) in [6.07, 6.45) is 2.37. The van der Waals surface area contributed by atoms with E-state index in [0.717, 1.165) is 0 Å². The first-order chi connectivity index (χ1) is 8.82. The number of carbonyl (C=O) groups excluding carboxylic acids is 2. The van der Waals surface area contributed by atoms with Gasteiger partial charge in [0.15, 0.2) is 11.6 Å². The second-order valence-corrected chi connectivity index (χ2v) is 3.90. The fraction of sp³-hybridized carbons (Fsp3) is 0.200. The molecule has 0 unspecified atom stereocenters. The molecule has 0 aliphatic heterocycles. The summed E-state index contributed by atoms with van der Waals surface area (Å²) in [5, 5.41) is 17.7. The number of rotatable bonds is 3. The van der Waals surface area contributed by atoms with Crippen LogP contribution in [0.25, 0.3) is 5.76 Å². The van der Waals surface area contributed by atoms with Gasteiger partial charge < -0.3 is 10.2 Å². The van der Waals surface area contributed by atoms with Gasteiger partial charge in [-0.15, -0.1) is 0 Å². The molecule has 0 amide bonds. The van der Waals surface area contributed by atoms with Crippen molar-refractivity contribution < 1.29 is 41.5 Å². The van der Waals surface area contributed by atoms with Crippen LogP contribution in [-0.2, 0) is 31.3 Å². The smallest absolute Gasteiger partial charge is 0.156 e. The zero-order valence-electron chi connectivity index (χ0n) is 11.8. The van der Waals surface area contributed by atoms with Crippen molar-refractivity contribution in [3.8, 4) is 0 Å². The van der Waals surface area contributed by atoms with E-state index in [2.05, 4.69) is 0 Å². The third kappa shape index (κ3) is 11.4. The minimum absolute atomic E-state index is 0. The van der Waals surface area contributed by atoms with Crippen molar-refractivity contribution in [2.75, 3.05) is 0 Å². The maximum Gasteiger partial charge on any atom is 0.156 e. The summed E-state index contributed by atoms with van der Waals surface area (Å²) < 4.78 is 0. The van der Waals surface area contributed by atoms with Gasteiger partial charge in [-0.3, -0.25) is 9.59 Å². The molecule has 20 heavy (non-hydrogen) atoms. The van der Waals surface area contributed by atoms with Gasteiger partial charge in [0.2, 0.25) is 0 Å². The van der Waals surface area contributed by atoms with Gasteiger partial charge in [0.05, 0.1) is 5.76 Å². The molecule has 2 N–H and O–H groups in total. The van der Waals surface area contributed by atoms with Crippen LogP contribution in [0.3, 0.4) is 0 Å². The van der Waals surface area contributed by atoms with Gasteiger partial charge >= 0.3 is 0 Å².